The summed E-state index contributed by atoms with van der Waals surface area (Å²) in [6, 6.07) is 3.24. The molecular formula is C12H13BrF3NOS. The molecule has 0 aliphatic carbocycles. The molecule has 0 bridgehead atoms. The van der Waals surface area contributed by atoms with Crippen molar-refractivity contribution < 1.29 is 17.7 Å². The van der Waals surface area contributed by atoms with Gasteiger partial charge in [0.1, 0.15) is 16.1 Å². The maximum atomic E-state index is 12.6. The van der Waals surface area contributed by atoms with Crippen molar-refractivity contribution >= 4 is 33.5 Å². The van der Waals surface area contributed by atoms with E-state index in [1.807, 2.05) is 0 Å². The van der Waals surface area contributed by atoms with Crippen molar-refractivity contribution in [3.63, 3.8) is 0 Å². The third kappa shape index (κ3) is 4.81. The molecule has 0 radical (unpaired) electrons. The molecule has 1 rings (SSSR count). The highest BCUT2D eigenvalue weighted by Crippen LogP contribution is 2.31. The number of hydrogen-bond donors (Lipinski definition) is 0. The first kappa shape index (κ1) is 16.5. The maximum Gasteiger partial charge on any atom is 0.416 e. The molecular weight excluding hydrogens is 343 g/mol. The van der Waals surface area contributed by atoms with E-state index in [4.69, 9.17) is 0 Å². The predicted molar refractivity (Wildman–Crippen MR) is 74.6 cm³/mol. The normalized spacial score (nSPS) is 14.9. The molecule has 19 heavy (non-hydrogen) atoms. The fourth-order valence-corrected chi connectivity index (χ4v) is 1.96. The van der Waals surface area contributed by atoms with Gasteiger partial charge in [0.15, 0.2) is 0 Å². The SMILES string of the molecule is CC(C)(C)[S+]([O-])N=Cc1cc(C(F)(F)F)ccc1Br. The lowest BCUT2D eigenvalue weighted by Gasteiger charge is -2.17. The Morgan fingerprint density at radius 1 is 1.26 bits per heavy atom. The Morgan fingerprint density at radius 3 is 2.32 bits per heavy atom. The molecule has 0 aromatic heterocycles. The number of hydrogen-bond acceptors (Lipinski definition) is 2. The Hall–Kier alpha value is -0.530. The molecule has 0 heterocycles. The Balaban J connectivity index is 3.05. The first-order chi connectivity index (χ1) is 8.51. The number of benzene rings is 1. The molecule has 2 nitrogen and oxygen atoms in total. The van der Waals surface area contributed by atoms with Crippen LogP contribution in [0.15, 0.2) is 27.1 Å². The van der Waals surface area contributed by atoms with Gasteiger partial charge in [0.25, 0.3) is 0 Å². The summed E-state index contributed by atoms with van der Waals surface area (Å²) in [4.78, 5) is 0. The minimum absolute atomic E-state index is 0.243. The summed E-state index contributed by atoms with van der Waals surface area (Å²) in [5.41, 5.74) is -0.522. The fourth-order valence-electron chi connectivity index (χ4n) is 1.08. The summed E-state index contributed by atoms with van der Waals surface area (Å²) >= 11 is 1.63. The highest BCUT2D eigenvalue weighted by molar-refractivity contribution is 9.10. The van der Waals surface area contributed by atoms with Crippen LogP contribution in [0.25, 0.3) is 0 Å². The number of halogens is 4. The van der Waals surface area contributed by atoms with E-state index in [2.05, 4.69) is 20.3 Å². The van der Waals surface area contributed by atoms with Crippen molar-refractivity contribution in [1.29, 1.82) is 0 Å². The Morgan fingerprint density at radius 2 is 1.84 bits per heavy atom. The monoisotopic (exact) mass is 355 g/mol. The van der Waals surface area contributed by atoms with Crippen LogP contribution in [0.5, 0.6) is 0 Å². The topological polar surface area (TPSA) is 35.4 Å². The second kappa shape index (κ2) is 5.85. The summed E-state index contributed by atoms with van der Waals surface area (Å²) in [5.74, 6) is 0. The van der Waals surface area contributed by atoms with Gasteiger partial charge >= 0.3 is 6.18 Å². The van der Waals surface area contributed by atoms with Gasteiger partial charge in [-0.15, -0.1) is 0 Å². The Kier molecular flexibility index (Phi) is 5.08. The van der Waals surface area contributed by atoms with Gasteiger partial charge in [-0.2, -0.15) is 13.2 Å². The molecule has 0 spiro atoms. The third-order valence-corrected chi connectivity index (χ3v) is 4.20. The summed E-state index contributed by atoms with van der Waals surface area (Å²) in [7, 11) is 0. The van der Waals surface area contributed by atoms with Gasteiger partial charge in [0.2, 0.25) is 0 Å². The molecule has 0 aliphatic rings. The largest absolute Gasteiger partial charge is 0.591 e. The summed E-state index contributed by atoms with van der Waals surface area (Å²) in [5, 5.41) is 0. The van der Waals surface area contributed by atoms with Gasteiger partial charge in [-0.3, -0.25) is 0 Å². The van der Waals surface area contributed by atoms with Crippen molar-refractivity contribution in [2.45, 2.75) is 31.7 Å². The Labute approximate surface area is 121 Å². The van der Waals surface area contributed by atoms with Crippen LogP contribution in [0.4, 0.5) is 13.2 Å². The van der Waals surface area contributed by atoms with Gasteiger partial charge in [0, 0.05) is 10.0 Å². The van der Waals surface area contributed by atoms with E-state index in [9.17, 15) is 17.7 Å². The molecule has 0 fully saturated rings. The van der Waals surface area contributed by atoms with Crippen LogP contribution in [0, 0.1) is 0 Å². The Bertz CT molecular complexity index is 483. The zero-order valence-electron chi connectivity index (χ0n) is 10.6. The van der Waals surface area contributed by atoms with E-state index >= 15 is 0 Å². The van der Waals surface area contributed by atoms with Crippen molar-refractivity contribution in [3.05, 3.63) is 33.8 Å². The lowest BCUT2D eigenvalue weighted by atomic mass is 10.1. The molecule has 0 amide bonds. The van der Waals surface area contributed by atoms with Crippen molar-refractivity contribution in [2.75, 3.05) is 0 Å². The quantitative estimate of drug-likeness (QED) is 0.573. The molecule has 0 saturated heterocycles. The summed E-state index contributed by atoms with van der Waals surface area (Å²) < 4.78 is 53.1. The highest BCUT2D eigenvalue weighted by Gasteiger charge is 2.31. The van der Waals surface area contributed by atoms with Crippen LogP contribution in [-0.2, 0) is 17.5 Å². The second-order valence-electron chi connectivity index (χ2n) is 4.83. The van der Waals surface area contributed by atoms with Crippen LogP contribution < -0.4 is 0 Å². The van der Waals surface area contributed by atoms with Gasteiger partial charge < -0.3 is 4.55 Å². The van der Waals surface area contributed by atoms with E-state index in [1.165, 1.54) is 12.3 Å². The first-order valence-corrected chi connectivity index (χ1v) is 7.24. The van der Waals surface area contributed by atoms with Gasteiger partial charge in [0.05, 0.1) is 11.8 Å². The van der Waals surface area contributed by atoms with Crippen LogP contribution >= 0.6 is 15.9 Å². The minimum atomic E-state index is -4.41. The number of alkyl halides is 3. The molecule has 1 unspecified atom stereocenters. The molecule has 7 heteroatoms. The smallest absolute Gasteiger partial charge is 0.416 e. The van der Waals surface area contributed by atoms with Gasteiger partial charge in [-0.05, 0) is 39.0 Å². The van der Waals surface area contributed by atoms with E-state index in [-0.39, 0.29) is 5.56 Å². The lowest BCUT2D eigenvalue weighted by molar-refractivity contribution is -0.137. The van der Waals surface area contributed by atoms with Crippen molar-refractivity contribution in [1.82, 2.24) is 0 Å². The standard InChI is InChI=1S/C12H13BrF3NOS/c1-11(2,3)19(18)17-7-8-6-9(12(14,15)16)4-5-10(8)13/h4-7H,1-3H3. The third-order valence-electron chi connectivity index (χ3n) is 2.13. The first-order valence-electron chi connectivity index (χ1n) is 5.34. The average Bonchev–Trinajstić information content (AvgIpc) is 2.24. The van der Waals surface area contributed by atoms with Crippen LogP contribution in [0.1, 0.15) is 31.9 Å². The van der Waals surface area contributed by atoms with E-state index in [0.717, 1.165) is 12.1 Å². The fraction of sp³-hybridized carbons (Fsp3) is 0.417. The molecule has 1 aromatic rings. The number of rotatable bonds is 2. The molecule has 1 atom stereocenters. The minimum Gasteiger partial charge on any atom is -0.591 e. The van der Waals surface area contributed by atoms with Crippen LogP contribution in [0.2, 0.25) is 0 Å². The molecule has 1 aromatic carbocycles. The van der Waals surface area contributed by atoms with E-state index < -0.39 is 27.8 Å². The van der Waals surface area contributed by atoms with Crippen LogP contribution in [0.3, 0.4) is 0 Å². The van der Waals surface area contributed by atoms with Crippen molar-refractivity contribution in [3.8, 4) is 0 Å². The van der Waals surface area contributed by atoms with E-state index in [1.54, 1.807) is 20.8 Å². The van der Waals surface area contributed by atoms with Gasteiger partial charge in [-0.25, -0.2) is 0 Å². The molecule has 106 valence electrons. The summed E-state index contributed by atoms with van der Waals surface area (Å²) in [6.07, 6.45) is -3.22. The van der Waals surface area contributed by atoms with E-state index in [0.29, 0.717) is 4.47 Å². The lowest BCUT2D eigenvalue weighted by Crippen LogP contribution is -2.25. The summed E-state index contributed by atoms with van der Waals surface area (Å²) in [6.45, 7) is 5.21. The average molecular weight is 356 g/mol. The predicted octanol–water partition coefficient (Wildman–Crippen LogP) is 4.35. The number of nitrogens with zero attached hydrogens (tertiary/aromatic N) is 1. The zero-order chi connectivity index (χ0) is 14.8. The molecule has 0 aliphatic heterocycles. The van der Waals surface area contributed by atoms with Crippen molar-refractivity contribution in [2.24, 2.45) is 4.40 Å². The molecule has 0 saturated carbocycles. The second-order valence-corrected chi connectivity index (χ2v) is 7.62. The zero-order valence-corrected chi connectivity index (χ0v) is 13.0. The van der Waals surface area contributed by atoms with Crippen LogP contribution in [-0.4, -0.2) is 15.5 Å². The maximum absolute atomic E-state index is 12.6. The van der Waals surface area contributed by atoms with Gasteiger partial charge in [-0.1, -0.05) is 20.3 Å². The molecule has 0 N–H and O–H groups in total. The highest BCUT2D eigenvalue weighted by atomic mass is 79.9.